The number of carbonyl (C=O) groups excluding carboxylic acids is 2. The molecule has 0 radical (unpaired) electrons. The van der Waals surface area contributed by atoms with Crippen LogP contribution >= 0.6 is 12.6 Å². The molecule has 0 aliphatic carbocycles. The highest BCUT2D eigenvalue weighted by Gasteiger charge is 2.28. The summed E-state index contributed by atoms with van der Waals surface area (Å²) >= 11 is 4.25. The fraction of sp³-hybridized carbons (Fsp3) is 0.269. The summed E-state index contributed by atoms with van der Waals surface area (Å²) in [6.45, 7) is 5.85. The Balaban J connectivity index is 0.00000199. The highest BCUT2D eigenvalue weighted by atomic mass is 32.1. The van der Waals surface area contributed by atoms with Crippen molar-refractivity contribution in [3.05, 3.63) is 88.8 Å². The molecule has 3 N–H and O–H groups in total. The third-order valence-electron chi connectivity index (χ3n) is 5.14. The maximum Gasteiger partial charge on any atom is 0.259 e. The zero-order valence-corrected chi connectivity index (χ0v) is 20.5. The summed E-state index contributed by atoms with van der Waals surface area (Å²) in [5.41, 5.74) is 4.58. The van der Waals surface area contributed by atoms with Gasteiger partial charge in [0.2, 0.25) is 5.91 Å². The van der Waals surface area contributed by atoms with Gasteiger partial charge in [-0.15, -0.1) is 0 Å². The average molecular weight is 482 g/mol. The predicted molar refractivity (Wildman–Crippen MR) is 138 cm³/mol. The Morgan fingerprint density at radius 1 is 1.00 bits per heavy atom. The lowest BCUT2D eigenvalue weighted by Gasteiger charge is -2.21. The van der Waals surface area contributed by atoms with Gasteiger partial charge in [0.25, 0.3) is 11.5 Å². The number of nitrogens with one attached hydrogen (secondary N) is 2. The molecule has 2 aromatic carbocycles. The minimum Gasteiger partial charge on any atom is -0.326 e. The van der Waals surface area contributed by atoms with Gasteiger partial charge in [-0.1, -0.05) is 56.3 Å². The van der Waals surface area contributed by atoms with Crippen LogP contribution in [-0.4, -0.2) is 26.3 Å². The van der Waals surface area contributed by atoms with E-state index in [1.807, 2.05) is 62.4 Å². The summed E-state index contributed by atoms with van der Waals surface area (Å²) in [6, 6.07) is 20.1. The van der Waals surface area contributed by atoms with Crippen molar-refractivity contribution in [1.29, 1.82) is 0 Å². The Morgan fingerprint density at radius 2 is 1.65 bits per heavy atom. The molecule has 2 amide bonds. The number of aryl methyl sites for hydroxylation is 1. The third kappa shape index (κ3) is 7.60. The normalized spacial score (nSPS) is 12.0. The average Bonchev–Trinajstić information content (AvgIpc) is 2.85. The standard InChI is InChI=1S/C24H25N3O4S.C2H6/c1-24(32,23(30)26-31)12-14-27-13-11-19(16-22(27)29)18-7-9-20(10-8-18)25-21(28)15-17-5-3-2-4-6-17;1-2/h2-11,13,16,31-32H,12,14-15H2,1H3,(H,25,28)(H,26,30);1-2H3. The molecule has 0 aliphatic heterocycles. The molecule has 8 heteroatoms. The maximum atomic E-state index is 12.5. The van der Waals surface area contributed by atoms with Crippen LogP contribution in [0.2, 0.25) is 0 Å². The Morgan fingerprint density at radius 3 is 2.24 bits per heavy atom. The van der Waals surface area contributed by atoms with Crippen molar-refractivity contribution in [2.24, 2.45) is 0 Å². The molecule has 1 atom stereocenters. The van der Waals surface area contributed by atoms with E-state index in [-0.39, 0.29) is 24.4 Å². The van der Waals surface area contributed by atoms with E-state index >= 15 is 0 Å². The molecule has 0 saturated heterocycles. The lowest BCUT2D eigenvalue weighted by molar-refractivity contribution is -0.131. The molecule has 0 fully saturated rings. The van der Waals surface area contributed by atoms with Gasteiger partial charge in [-0.05, 0) is 48.2 Å². The first kappa shape index (κ1) is 26.9. The van der Waals surface area contributed by atoms with E-state index in [2.05, 4.69) is 17.9 Å². The van der Waals surface area contributed by atoms with Gasteiger partial charge in [-0.2, -0.15) is 12.6 Å². The monoisotopic (exact) mass is 481 g/mol. The SMILES string of the molecule is CC.CC(S)(CCn1ccc(-c2ccc(NC(=O)Cc3ccccc3)cc2)cc1=O)C(=O)NO. The van der Waals surface area contributed by atoms with Crippen LogP contribution in [0.15, 0.2) is 77.7 Å². The van der Waals surface area contributed by atoms with Gasteiger partial charge >= 0.3 is 0 Å². The van der Waals surface area contributed by atoms with E-state index in [0.717, 1.165) is 16.7 Å². The molecular formula is C26H31N3O4S. The molecule has 3 rings (SSSR count). The molecule has 0 bridgehead atoms. The van der Waals surface area contributed by atoms with Crippen LogP contribution in [0.3, 0.4) is 0 Å². The number of rotatable bonds is 8. The number of nitrogens with zero attached hydrogens (tertiary/aromatic N) is 1. The Bertz CT molecular complexity index is 1140. The number of hydroxylamine groups is 1. The fourth-order valence-electron chi connectivity index (χ4n) is 3.18. The number of hydrogen-bond acceptors (Lipinski definition) is 5. The molecule has 0 aliphatic rings. The van der Waals surface area contributed by atoms with E-state index in [9.17, 15) is 14.4 Å². The first-order valence-corrected chi connectivity index (χ1v) is 11.5. The van der Waals surface area contributed by atoms with Crippen molar-refractivity contribution in [2.75, 3.05) is 5.32 Å². The second-order valence-corrected chi connectivity index (χ2v) is 8.69. The molecule has 34 heavy (non-hydrogen) atoms. The van der Waals surface area contributed by atoms with Crippen molar-refractivity contribution >= 4 is 30.1 Å². The van der Waals surface area contributed by atoms with Crippen LogP contribution in [0.5, 0.6) is 0 Å². The number of benzene rings is 2. The molecule has 0 saturated carbocycles. The smallest absolute Gasteiger partial charge is 0.259 e. The quantitative estimate of drug-likeness (QED) is 0.219. The van der Waals surface area contributed by atoms with Gasteiger partial charge < -0.3 is 9.88 Å². The van der Waals surface area contributed by atoms with Crippen LogP contribution < -0.4 is 16.4 Å². The molecular weight excluding hydrogens is 450 g/mol. The zero-order chi connectivity index (χ0) is 25.1. The summed E-state index contributed by atoms with van der Waals surface area (Å²) in [4.78, 5) is 36.3. The number of carbonyl (C=O) groups is 2. The second-order valence-electron chi connectivity index (χ2n) is 7.70. The van der Waals surface area contributed by atoms with Crippen LogP contribution in [0, 0.1) is 0 Å². The van der Waals surface area contributed by atoms with Crippen LogP contribution in [-0.2, 0) is 22.6 Å². The highest BCUT2D eigenvalue weighted by Crippen LogP contribution is 2.22. The van der Waals surface area contributed by atoms with Crippen molar-refractivity contribution < 1.29 is 14.8 Å². The lowest BCUT2D eigenvalue weighted by Crippen LogP contribution is -2.40. The third-order valence-corrected chi connectivity index (χ3v) is 5.56. The Labute approximate surface area is 205 Å². The number of aromatic nitrogens is 1. The Kier molecular flexibility index (Phi) is 10.1. The Hall–Kier alpha value is -3.36. The number of anilines is 1. The van der Waals surface area contributed by atoms with Gasteiger partial charge in [-0.25, -0.2) is 5.48 Å². The summed E-state index contributed by atoms with van der Waals surface area (Å²) < 4.78 is 0.383. The van der Waals surface area contributed by atoms with E-state index in [1.165, 1.54) is 10.6 Å². The van der Waals surface area contributed by atoms with E-state index in [1.54, 1.807) is 30.7 Å². The summed E-state index contributed by atoms with van der Waals surface area (Å²) in [5.74, 6) is -0.723. The fourth-order valence-corrected chi connectivity index (χ4v) is 3.33. The van der Waals surface area contributed by atoms with Gasteiger partial charge in [0, 0.05) is 24.5 Å². The highest BCUT2D eigenvalue weighted by molar-refractivity contribution is 7.82. The van der Waals surface area contributed by atoms with Gasteiger partial charge in [0.1, 0.15) is 0 Å². The zero-order valence-electron chi connectivity index (χ0n) is 19.6. The van der Waals surface area contributed by atoms with Gasteiger partial charge in [0.05, 0.1) is 11.2 Å². The summed E-state index contributed by atoms with van der Waals surface area (Å²) in [6.07, 6.45) is 2.22. The predicted octanol–water partition coefficient (Wildman–Crippen LogP) is 4.31. The molecule has 7 nitrogen and oxygen atoms in total. The van der Waals surface area contributed by atoms with Crippen molar-refractivity contribution in [3.8, 4) is 11.1 Å². The molecule has 180 valence electrons. The van der Waals surface area contributed by atoms with E-state index in [0.29, 0.717) is 12.1 Å². The van der Waals surface area contributed by atoms with E-state index in [4.69, 9.17) is 5.21 Å². The minimum atomic E-state index is -1.10. The van der Waals surface area contributed by atoms with Crippen LogP contribution in [0.4, 0.5) is 5.69 Å². The van der Waals surface area contributed by atoms with Crippen molar-refractivity contribution in [2.45, 2.75) is 44.9 Å². The number of amides is 2. The van der Waals surface area contributed by atoms with Crippen molar-refractivity contribution in [3.63, 3.8) is 0 Å². The molecule has 3 aromatic rings. The topological polar surface area (TPSA) is 100 Å². The van der Waals surface area contributed by atoms with E-state index < -0.39 is 10.7 Å². The minimum absolute atomic E-state index is 0.0994. The largest absolute Gasteiger partial charge is 0.326 e. The molecule has 0 spiro atoms. The number of pyridine rings is 1. The van der Waals surface area contributed by atoms with Crippen LogP contribution in [0.1, 0.15) is 32.8 Å². The first-order valence-electron chi connectivity index (χ1n) is 11.1. The summed E-state index contributed by atoms with van der Waals surface area (Å²) in [5, 5.41) is 11.7. The van der Waals surface area contributed by atoms with Crippen LogP contribution in [0.25, 0.3) is 11.1 Å². The molecule has 1 heterocycles. The molecule has 1 unspecified atom stereocenters. The number of hydrogen-bond donors (Lipinski definition) is 4. The van der Waals surface area contributed by atoms with Crippen molar-refractivity contribution in [1.82, 2.24) is 10.0 Å². The summed E-state index contributed by atoms with van der Waals surface area (Å²) in [7, 11) is 0. The van der Waals surface area contributed by atoms with Gasteiger partial charge in [-0.3, -0.25) is 19.6 Å². The first-order chi connectivity index (χ1) is 16.3. The number of thiol groups is 1. The molecule has 1 aromatic heterocycles. The maximum absolute atomic E-state index is 12.5. The second kappa shape index (κ2) is 12.8. The lowest BCUT2D eigenvalue weighted by atomic mass is 10.1. The van der Waals surface area contributed by atoms with Gasteiger partial charge in [0.15, 0.2) is 0 Å².